The maximum atomic E-state index is 14.4. The summed E-state index contributed by atoms with van der Waals surface area (Å²) in [5.41, 5.74) is 6.70. The van der Waals surface area contributed by atoms with E-state index in [4.69, 9.17) is 0 Å². The predicted molar refractivity (Wildman–Crippen MR) is 201 cm³/mol. The number of fused-ring (bicyclic) bond motifs is 1. The van der Waals surface area contributed by atoms with Crippen molar-refractivity contribution < 1.29 is 9.59 Å². The number of imidazole rings is 1. The van der Waals surface area contributed by atoms with Gasteiger partial charge in [-0.1, -0.05) is 46.3 Å². The Bertz CT molecular complexity index is 2200. The summed E-state index contributed by atoms with van der Waals surface area (Å²) >= 11 is 3.53. The minimum Gasteiger partial charge on any atom is -0.370 e. The topological polar surface area (TPSA) is 95.7 Å². The number of nitrogens with zero attached hydrogens (tertiary/aromatic N) is 6. The first-order valence-corrected chi connectivity index (χ1v) is 18.1. The molecule has 2 saturated heterocycles. The van der Waals surface area contributed by atoms with Crippen molar-refractivity contribution in [3.05, 3.63) is 134 Å². The molecular formula is C40H40BrN7O3. The van der Waals surface area contributed by atoms with Gasteiger partial charge >= 0.3 is 5.69 Å². The number of nitrogens with one attached hydrogen (secondary N) is 1. The lowest BCUT2D eigenvalue weighted by Crippen LogP contribution is -2.71. The molecule has 3 aliphatic rings. The molecule has 0 saturated carbocycles. The normalized spacial score (nSPS) is 17.8. The van der Waals surface area contributed by atoms with Gasteiger partial charge in [-0.3, -0.25) is 23.7 Å². The number of carbonyl (C=O) groups excluding carboxylic acids is 2. The Morgan fingerprint density at radius 2 is 1.67 bits per heavy atom. The average molecular weight is 747 g/mol. The van der Waals surface area contributed by atoms with Crippen molar-refractivity contribution in [2.24, 2.45) is 5.41 Å². The fraction of sp³-hybridized carbons (Fsp3) is 0.300. The van der Waals surface area contributed by atoms with Gasteiger partial charge < -0.3 is 20.0 Å². The highest BCUT2D eigenvalue weighted by Crippen LogP contribution is 2.41. The fourth-order valence-corrected chi connectivity index (χ4v) is 8.31. The summed E-state index contributed by atoms with van der Waals surface area (Å²) in [5.74, 6) is -0.532. The number of carbonyl (C=O) groups is 2. The standard InChI is InChI=1S/C40H40BrN7O3/c1-26-18-28(11-16-33(26)41)38(50)46-21-35-36(37(49)43-19-29-8-4-5-9-32(29)34-10-6-7-17-42-34)48(39(51)47(35)20-27(46)2)31-14-12-30(13-15-31)45-24-40(25-45)22-44(3)23-40/h4-18,27H,19-25H2,1-3H3,(H,43,49). The quantitative estimate of drug-likeness (QED) is 0.237. The van der Waals surface area contributed by atoms with Crippen LogP contribution in [-0.2, 0) is 19.6 Å². The van der Waals surface area contributed by atoms with Crippen molar-refractivity contribution in [3.63, 3.8) is 0 Å². The van der Waals surface area contributed by atoms with Gasteiger partial charge in [-0.25, -0.2) is 4.79 Å². The maximum absolute atomic E-state index is 14.4. The summed E-state index contributed by atoms with van der Waals surface area (Å²) in [6.07, 6.45) is 1.75. The second-order valence-corrected chi connectivity index (χ2v) is 15.2. The minimum atomic E-state index is -0.388. The molecule has 5 aromatic rings. The van der Waals surface area contributed by atoms with Gasteiger partial charge in [-0.2, -0.15) is 0 Å². The van der Waals surface area contributed by atoms with Crippen LogP contribution < -0.4 is 15.9 Å². The predicted octanol–water partition coefficient (Wildman–Crippen LogP) is 5.50. The average Bonchev–Trinajstić information content (AvgIpc) is 3.40. The number of amides is 2. The van der Waals surface area contributed by atoms with E-state index in [1.54, 1.807) is 21.7 Å². The van der Waals surface area contributed by atoms with E-state index in [0.717, 1.165) is 58.7 Å². The SMILES string of the molecule is Cc1cc(C(=O)N2Cc3c(C(=O)NCc4ccccc4-c4ccccn4)n(-c4ccc(N5CC6(CN(C)C6)C5)cc4)c(=O)n3CC2C)ccc1Br. The molecule has 3 aromatic carbocycles. The van der Waals surface area contributed by atoms with Crippen LogP contribution in [0.15, 0.2) is 100 Å². The molecule has 2 amide bonds. The van der Waals surface area contributed by atoms with E-state index in [1.807, 2.05) is 92.7 Å². The number of aryl methyl sites for hydroxylation is 1. The molecule has 1 spiro atoms. The third-order valence-corrected chi connectivity index (χ3v) is 11.4. The number of hydrogen-bond donors (Lipinski definition) is 1. The molecule has 51 heavy (non-hydrogen) atoms. The fourth-order valence-electron chi connectivity index (χ4n) is 8.07. The Morgan fingerprint density at radius 1 is 0.941 bits per heavy atom. The van der Waals surface area contributed by atoms with Gasteiger partial charge in [-0.05, 0) is 86.6 Å². The van der Waals surface area contributed by atoms with Crippen LogP contribution in [0.25, 0.3) is 16.9 Å². The minimum absolute atomic E-state index is 0.118. The lowest BCUT2D eigenvalue weighted by atomic mass is 9.73. The van der Waals surface area contributed by atoms with Crippen molar-refractivity contribution in [1.82, 2.24) is 29.2 Å². The number of likely N-dealkylation sites (tertiary alicyclic amines) is 1. The highest BCUT2D eigenvalue weighted by atomic mass is 79.9. The van der Waals surface area contributed by atoms with Crippen LogP contribution in [0.1, 0.15) is 44.6 Å². The smallest absolute Gasteiger partial charge is 0.333 e. The van der Waals surface area contributed by atoms with Gasteiger partial charge in [0.1, 0.15) is 5.69 Å². The van der Waals surface area contributed by atoms with Gasteiger partial charge in [0.15, 0.2) is 0 Å². The van der Waals surface area contributed by atoms with Gasteiger partial charge in [0.2, 0.25) is 0 Å². The van der Waals surface area contributed by atoms with Crippen LogP contribution in [-0.4, -0.2) is 75.0 Å². The van der Waals surface area contributed by atoms with E-state index in [-0.39, 0.29) is 48.9 Å². The first kappa shape index (κ1) is 33.2. The Morgan fingerprint density at radius 3 is 2.37 bits per heavy atom. The van der Waals surface area contributed by atoms with Gasteiger partial charge in [-0.15, -0.1) is 0 Å². The Labute approximate surface area is 305 Å². The molecule has 0 aliphatic carbocycles. The number of pyridine rings is 1. The number of halogens is 1. The third kappa shape index (κ3) is 5.98. The summed E-state index contributed by atoms with van der Waals surface area (Å²) in [5, 5.41) is 3.11. The van der Waals surface area contributed by atoms with Crippen molar-refractivity contribution in [2.75, 3.05) is 38.1 Å². The number of benzene rings is 3. The van der Waals surface area contributed by atoms with E-state index in [1.165, 1.54) is 4.57 Å². The van der Waals surface area contributed by atoms with Crippen molar-refractivity contribution >= 4 is 33.4 Å². The van der Waals surface area contributed by atoms with Crippen LogP contribution in [0.2, 0.25) is 0 Å². The summed E-state index contributed by atoms with van der Waals surface area (Å²) < 4.78 is 4.11. The molecule has 11 heteroatoms. The lowest BCUT2D eigenvalue weighted by Gasteiger charge is -2.60. The Hall–Kier alpha value is -5.00. The van der Waals surface area contributed by atoms with Crippen molar-refractivity contribution in [2.45, 2.75) is 39.5 Å². The molecule has 260 valence electrons. The summed E-state index contributed by atoms with van der Waals surface area (Å²) in [7, 11) is 2.16. The molecule has 1 atom stereocenters. The highest BCUT2D eigenvalue weighted by molar-refractivity contribution is 9.10. The zero-order valence-electron chi connectivity index (χ0n) is 29.0. The van der Waals surface area contributed by atoms with Crippen molar-refractivity contribution in [3.8, 4) is 16.9 Å². The lowest BCUT2D eigenvalue weighted by molar-refractivity contribution is -0.00238. The van der Waals surface area contributed by atoms with Crippen LogP contribution in [0.4, 0.5) is 5.69 Å². The van der Waals surface area contributed by atoms with E-state index in [2.05, 4.69) is 43.1 Å². The van der Waals surface area contributed by atoms with Crippen LogP contribution in [0.5, 0.6) is 0 Å². The molecule has 10 nitrogen and oxygen atoms in total. The maximum Gasteiger partial charge on any atom is 0.333 e. The first-order valence-electron chi connectivity index (χ1n) is 17.3. The second-order valence-electron chi connectivity index (χ2n) is 14.4. The summed E-state index contributed by atoms with van der Waals surface area (Å²) in [6, 6.07) is 26.8. The van der Waals surface area contributed by atoms with Crippen LogP contribution in [0.3, 0.4) is 0 Å². The molecular weight excluding hydrogens is 706 g/mol. The molecule has 1 N–H and O–H groups in total. The summed E-state index contributed by atoms with van der Waals surface area (Å²) in [4.78, 5) is 53.6. The molecule has 0 bridgehead atoms. The largest absolute Gasteiger partial charge is 0.370 e. The molecule has 1 unspecified atom stereocenters. The van der Waals surface area contributed by atoms with Crippen LogP contribution in [0, 0.1) is 12.3 Å². The molecule has 5 heterocycles. The number of anilines is 1. The number of aromatic nitrogens is 3. The van der Waals surface area contributed by atoms with E-state index in [0.29, 0.717) is 22.4 Å². The zero-order valence-corrected chi connectivity index (χ0v) is 30.6. The van der Waals surface area contributed by atoms with E-state index < -0.39 is 0 Å². The number of rotatable bonds is 7. The van der Waals surface area contributed by atoms with Gasteiger partial charge in [0, 0.05) is 78.2 Å². The van der Waals surface area contributed by atoms with Crippen LogP contribution >= 0.6 is 15.9 Å². The molecule has 2 aromatic heterocycles. The molecule has 8 rings (SSSR count). The summed E-state index contributed by atoms with van der Waals surface area (Å²) in [6.45, 7) is 8.79. The van der Waals surface area contributed by atoms with E-state index in [9.17, 15) is 14.4 Å². The van der Waals surface area contributed by atoms with Gasteiger partial charge in [0.05, 0.1) is 23.6 Å². The number of hydrogen-bond acceptors (Lipinski definition) is 6. The molecule has 2 fully saturated rings. The third-order valence-electron chi connectivity index (χ3n) is 10.6. The van der Waals surface area contributed by atoms with Crippen molar-refractivity contribution in [1.29, 1.82) is 0 Å². The zero-order chi connectivity index (χ0) is 35.4. The second kappa shape index (κ2) is 13.0. The van der Waals surface area contributed by atoms with Gasteiger partial charge in [0.25, 0.3) is 11.8 Å². The monoisotopic (exact) mass is 745 g/mol. The molecule has 0 radical (unpaired) electrons. The molecule has 3 aliphatic heterocycles. The van der Waals surface area contributed by atoms with E-state index >= 15 is 0 Å². The Kier molecular flexibility index (Phi) is 8.42. The Balaban J connectivity index is 1.14. The first-order chi connectivity index (χ1) is 24.6. The highest BCUT2D eigenvalue weighted by Gasteiger charge is 2.50.